The van der Waals surface area contributed by atoms with Gasteiger partial charge >= 0.3 is 5.97 Å². The van der Waals surface area contributed by atoms with Crippen molar-refractivity contribution in [3.63, 3.8) is 0 Å². The highest BCUT2D eigenvalue weighted by Crippen LogP contribution is 2.14. The van der Waals surface area contributed by atoms with Crippen molar-refractivity contribution >= 4 is 11.9 Å². The van der Waals surface area contributed by atoms with Crippen LogP contribution in [-0.4, -0.2) is 23.0 Å². The maximum absolute atomic E-state index is 11.8. The Kier molecular flexibility index (Phi) is 7.64. The van der Waals surface area contributed by atoms with Crippen LogP contribution in [0.25, 0.3) is 0 Å². The van der Waals surface area contributed by atoms with Crippen molar-refractivity contribution in [3.05, 3.63) is 0 Å². The predicted molar refractivity (Wildman–Crippen MR) is 72.3 cm³/mol. The third kappa shape index (κ3) is 8.09. The van der Waals surface area contributed by atoms with E-state index in [2.05, 4.69) is 19.2 Å². The summed E-state index contributed by atoms with van der Waals surface area (Å²) in [6, 6.07) is -0.760. The van der Waals surface area contributed by atoms with Gasteiger partial charge in [-0.05, 0) is 30.6 Å². The zero-order valence-corrected chi connectivity index (χ0v) is 12.2. The summed E-state index contributed by atoms with van der Waals surface area (Å²) < 4.78 is 0. The molecule has 106 valence electrons. The van der Waals surface area contributed by atoms with Gasteiger partial charge in [0.05, 0.1) is 0 Å². The van der Waals surface area contributed by atoms with E-state index in [0.29, 0.717) is 24.7 Å². The smallest absolute Gasteiger partial charge is 0.326 e. The fourth-order valence-electron chi connectivity index (χ4n) is 2.15. The summed E-state index contributed by atoms with van der Waals surface area (Å²) in [7, 11) is 0. The van der Waals surface area contributed by atoms with Crippen LogP contribution in [0.5, 0.6) is 0 Å². The normalized spacial score (nSPS) is 14.6. The molecule has 0 rings (SSSR count). The molecule has 0 saturated heterocycles. The quantitative estimate of drug-likeness (QED) is 0.702. The van der Waals surface area contributed by atoms with Gasteiger partial charge in [0, 0.05) is 6.42 Å². The number of carbonyl (C=O) groups excluding carboxylic acids is 1. The van der Waals surface area contributed by atoms with Crippen LogP contribution in [0.2, 0.25) is 0 Å². The molecule has 0 saturated carbocycles. The van der Waals surface area contributed by atoms with Gasteiger partial charge in [-0.3, -0.25) is 4.79 Å². The zero-order valence-electron chi connectivity index (χ0n) is 12.2. The summed E-state index contributed by atoms with van der Waals surface area (Å²) in [6.45, 7) is 10.2. The number of carboxylic acids is 1. The Morgan fingerprint density at radius 3 is 1.89 bits per heavy atom. The van der Waals surface area contributed by atoms with Crippen molar-refractivity contribution in [1.82, 2.24) is 5.32 Å². The highest BCUT2D eigenvalue weighted by molar-refractivity contribution is 5.83. The van der Waals surface area contributed by atoms with E-state index in [0.717, 1.165) is 6.42 Å². The standard InChI is InChI=1S/C14H27NO3/c1-9(2)6-11(5)8-13(16)15-12(14(17)18)7-10(3)4/h9-12H,6-8H2,1-5H3,(H,15,16)(H,17,18)/t11?,12-/m0/s1. The molecule has 0 aromatic rings. The SMILES string of the molecule is CC(C)CC(C)CC(=O)N[C@@H](CC(C)C)C(=O)O. The van der Waals surface area contributed by atoms with Crippen molar-refractivity contribution in [3.8, 4) is 0 Å². The molecule has 0 aliphatic carbocycles. The second-order valence-electron chi connectivity index (χ2n) is 6.03. The zero-order chi connectivity index (χ0) is 14.3. The first-order valence-electron chi connectivity index (χ1n) is 6.74. The van der Waals surface area contributed by atoms with Crippen LogP contribution < -0.4 is 5.32 Å². The van der Waals surface area contributed by atoms with E-state index in [1.165, 1.54) is 0 Å². The predicted octanol–water partition coefficient (Wildman–Crippen LogP) is 2.67. The molecule has 18 heavy (non-hydrogen) atoms. The number of amides is 1. The van der Waals surface area contributed by atoms with Crippen molar-refractivity contribution in [1.29, 1.82) is 0 Å². The first kappa shape index (κ1) is 16.9. The lowest BCUT2D eigenvalue weighted by molar-refractivity contribution is -0.142. The van der Waals surface area contributed by atoms with Crippen LogP contribution in [0.3, 0.4) is 0 Å². The minimum Gasteiger partial charge on any atom is -0.480 e. The van der Waals surface area contributed by atoms with Gasteiger partial charge in [-0.2, -0.15) is 0 Å². The number of carbonyl (C=O) groups is 2. The first-order chi connectivity index (χ1) is 8.22. The maximum atomic E-state index is 11.8. The molecule has 0 fully saturated rings. The van der Waals surface area contributed by atoms with Gasteiger partial charge in [0.2, 0.25) is 5.91 Å². The number of nitrogens with one attached hydrogen (secondary N) is 1. The van der Waals surface area contributed by atoms with Crippen LogP contribution >= 0.6 is 0 Å². The second-order valence-corrected chi connectivity index (χ2v) is 6.03. The van der Waals surface area contributed by atoms with Crippen LogP contribution in [0, 0.1) is 17.8 Å². The fraction of sp³-hybridized carbons (Fsp3) is 0.857. The molecule has 4 heteroatoms. The van der Waals surface area contributed by atoms with Crippen molar-refractivity contribution < 1.29 is 14.7 Å². The Balaban J connectivity index is 4.21. The van der Waals surface area contributed by atoms with Crippen LogP contribution in [0.1, 0.15) is 53.9 Å². The average molecular weight is 257 g/mol. The Hall–Kier alpha value is -1.06. The molecule has 2 atom stereocenters. The summed E-state index contributed by atoms with van der Waals surface area (Å²) in [5.41, 5.74) is 0. The summed E-state index contributed by atoms with van der Waals surface area (Å²) in [6.07, 6.45) is 1.86. The third-order valence-corrected chi connectivity index (χ3v) is 2.75. The van der Waals surface area contributed by atoms with E-state index in [9.17, 15) is 9.59 Å². The molecule has 0 spiro atoms. The first-order valence-corrected chi connectivity index (χ1v) is 6.74. The summed E-state index contributed by atoms with van der Waals surface area (Å²) in [5.74, 6) is -0.0125. The monoisotopic (exact) mass is 257 g/mol. The number of aliphatic carboxylic acids is 1. The summed E-state index contributed by atoms with van der Waals surface area (Å²) in [4.78, 5) is 22.8. The number of rotatable bonds is 8. The lowest BCUT2D eigenvalue weighted by atomic mass is 9.95. The largest absolute Gasteiger partial charge is 0.480 e. The van der Waals surface area contributed by atoms with Gasteiger partial charge in [-0.25, -0.2) is 4.79 Å². The Labute approximate surface area is 110 Å². The summed E-state index contributed by atoms with van der Waals surface area (Å²) in [5, 5.41) is 11.6. The number of hydrogen-bond acceptors (Lipinski definition) is 2. The van der Waals surface area contributed by atoms with Crippen LogP contribution in [0.4, 0.5) is 0 Å². The van der Waals surface area contributed by atoms with Crippen molar-refractivity contribution in [2.75, 3.05) is 0 Å². The molecule has 0 aliphatic heterocycles. The molecule has 0 bridgehead atoms. The minimum absolute atomic E-state index is 0.156. The summed E-state index contributed by atoms with van der Waals surface area (Å²) >= 11 is 0. The molecular weight excluding hydrogens is 230 g/mol. The van der Waals surface area contributed by atoms with Crippen molar-refractivity contribution in [2.45, 2.75) is 59.9 Å². The maximum Gasteiger partial charge on any atom is 0.326 e. The van der Waals surface area contributed by atoms with Crippen LogP contribution in [0.15, 0.2) is 0 Å². The lowest BCUT2D eigenvalue weighted by Gasteiger charge is -2.18. The number of hydrogen-bond donors (Lipinski definition) is 2. The molecule has 0 radical (unpaired) electrons. The molecule has 0 aliphatic rings. The van der Waals surface area contributed by atoms with Gasteiger partial charge < -0.3 is 10.4 Å². The van der Waals surface area contributed by atoms with Gasteiger partial charge in [0.15, 0.2) is 0 Å². The van der Waals surface area contributed by atoms with E-state index in [4.69, 9.17) is 5.11 Å². The molecule has 0 aromatic carbocycles. The van der Waals surface area contributed by atoms with Gasteiger partial charge in [-0.1, -0.05) is 34.6 Å². The Morgan fingerprint density at radius 1 is 1.00 bits per heavy atom. The highest BCUT2D eigenvalue weighted by Gasteiger charge is 2.21. The van der Waals surface area contributed by atoms with E-state index in [-0.39, 0.29) is 11.8 Å². The molecule has 1 amide bonds. The van der Waals surface area contributed by atoms with E-state index in [1.807, 2.05) is 20.8 Å². The molecule has 2 N–H and O–H groups in total. The third-order valence-electron chi connectivity index (χ3n) is 2.75. The lowest BCUT2D eigenvalue weighted by Crippen LogP contribution is -2.42. The van der Waals surface area contributed by atoms with Gasteiger partial charge in [0.25, 0.3) is 0 Å². The fourth-order valence-corrected chi connectivity index (χ4v) is 2.15. The van der Waals surface area contributed by atoms with Gasteiger partial charge in [0.1, 0.15) is 6.04 Å². The van der Waals surface area contributed by atoms with Crippen LogP contribution in [-0.2, 0) is 9.59 Å². The average Bonchev–Trinajstić information content (AvgIpc) is 2.13. The number of carboxylic acid groups (broad SMARTS) is 1. The topological polar surface area (TPSA) is 66.4 Å². The van der Waals surface area contributed by atoms with E-state index in [1.54, 1.807) is 0 Å². The highest BCUT2D eigenvalue weighted by atomic mass is 16.4. The van der Waals surface area contributed by atoms with Crippen molar-refractivity contribution in [2.24, 2.45) is 17.8 Å². The molecule has 1 unspecified atom stereocenters. The molecular formula is C14H27NO3. The molecule has 0 aromatic heterocycles. The Bertz CT molecular complexity index is 274. The minimum atomic E-state index is -0.950. The Morgan fingerprint density at radius 2 is 1.50 bits per heavy atom. The van der Waals surface area contributed by atoms with E-state index >= 15 is 0 Å². The van der Waals surface area contributed by atoms with E-state index < -0.39 is 12.0 Å². The molecule has 4 nitrogen and oxygen atoms in total. The second kappa shape index (κ2) is 8.11. The molecule has 0 heterocycles. The van der Waals surface area contributed by atoms with Gasteiger partial charge in [-0.15, -0.1) is 0 Å².